The summed E-state index contributed by atoms with van der Waals surface area (Å²) in [6.45, 7) is 6.56. The summed E-state index contributed by atoms with van der Waals surface area (Å²) in [5.41, 5.74) is 1.01. The fraction of sp³-hybridized carbons (Fsp3) is 0.625. The van der Waals surface area contributed by atoms with E-state index in [0.717, 1.165) is 24.9 Å². The zero-order valence-electron chi connectivity index (χ0n) is 13.2. The van der Waals surface area contributed by atoms with Crippen LogP contribution in [0.3, 0.4) is 0 Å². The van der Waals surface area contributed by atoms with Crippen LogP contribution in [0, 0.1) is 11.8 Å². The van der Waals surface area contributed by atoms with Gasteiger partial charge in [0.2, 0.25) is 10.0 Å². The molecule has 0 spiro atoms. The van der Waals surface area contributed by atoms with Crippen LogP contribution in [0.2, 0.25) is 0 Å². The summed E-state index contributed by atoms with van der Waals surface area (Å²) < 4.78 is 26.7. The van der Waals surface area contributed by atoms with Gasteiger partial charge >= 0.3 is 0 Å². The quantitative estimate of drug-likeness (QED) is 0.750. The molecule has 0 aromatic heterocycles. The Bertz CT molecular complexity index is 571. The fourth-order valence-electron chi connectivity index (χ4n) is 2.49. The van der Waals surface area contributed by atoms with E-state index >= 15 is 0 Å². The highest BCUT2D eigenvalue weighted by atomic mass is 32.2. The van der Waals surface area contributed by atoms with Gasteiger partial charge in [0.25, 0.3) is 0 Å². The molecule has 2 unspecified atom stereocenters. The van der Waals surface area contributed by atoms with Crippen LogP contribution in [0.25, 0.3) is 0 Å². The smallest absolute Gasteiger partial charge is 0.242 e. The maximum absolute atomic E-state index is 12.6. The predicted molar refractivity (Wildman–Crippen MR) is 85.5 cm³/mol. The summed E-state index contributed by atoms with van der Waals surface area (Å²) >= 11 is 0. The van der Waals surface area contributed by atoms with Gasteiger partial charge in [-0.2, -0.15) is 0 Å². The van der Waals surface area contributed by atoms with Crippen molar-refractivity contribution in [1.29, 1.82) is 0 Å². The van der Waals surface area contributed by atoms with Gasteiger partial charge in [0.05, 0.1) is 4.90 Å². The van der Waals surface area contributed by atoms with E-state index in [4.69, 9.17) is 0 Å². The Balaban J connectivity index is 2.06. The number of rotatable bonds is 8. The van der Waals surface area contributed by atoms with Crippen molar-refractivity contribution in [3.63, 3.8) is 0 Å². The van der Waals surface area contributed by atoms with E-state index in [1.807, 2.05) is 12.1 Å². The minimum absolute atomic E-state index is 0.397. The Hall–Kier alpha value is -0.910. The van der Waals surface area contributed by atoms with Crippen molar-refractivity contribution >= 4 is 10.0 Å². The molecule has 1 saturated carbocycles. The van der Waals surface area contributed by atoms with E-state index in [2.05, 4.69) is 19.2 Å². The van der Waals surface area contributed by atoms with Gasteiger partial charge < -0.3 is 5.32 Å². The summed E-state index contributed by atoms with van der Waals surface area (Å²) in [5.74, 6) is 1.19. The molecule has 0 aliphatic heterocycles. The predicted octanol–water partition coefficient (Wildman–Crippen LogP) is 2.46. The molecule has 5 heteroatoms. The summed E-state index contributed by atoms with van der Waals surface area (Å²) in [4.78, 5) is 0.397. The number of nitrogens with zero attached hydrogens (tertiary/aromatic N) is 1. The highest BCUT2D eigenvalue weighted by Gasteiger charge is 2.36. The standard InChI is InChI=1S/C16H26N2O2S/c1-4-8-17-11-14-6-5-7-16(10-14)21(19,20)18(3)12-15-9-13(15)2/h5-7,10,13,15,17H,4,8-9,11-12H2,1-3H3. The molecule has 1 N–H and O–H groups in total. The summed E-state index contributed by atoms with van der Waals surface area (Å²) in [7, 11) is -1.68. The Labute approximate surface area is 128 Å². The maximum atomic E-state index is 12.6. The molecule has 1 aliphatic carbocycles. The van der Waals surface area contributed by atoms with Gasteiger partial charge in [-0.25, -0.2) is 12.7 Å². The second-order valence-electron chi connectivity index (χ2n) is 6.08. The van der Waals surface area contributed by atoms with Crippen LogP contribution in [-0.2, 0) is 16.6 Å². The van der Waals surface area contributed by atoms with E-state index in [0.29, 0.717) is 29.8 Å². The molecule has 2 rings (SSSR count). The molecule has 1 aromatic rings. The molecule has 1 fully saturated rings. The van der Waals surface area contributed by atoms with Crippen molar-refractivity contribution in [2.75, 3.05) is 20.1 Å². The number of benzene rings is 1. The van der Waals surface area contributed by atoms with E-state index in [1.165, 1.54) is 4.31 Å². The number of hydrogen-bond donors (Lipinski definition) is 1. The molecule has 0 bridgehead atoms. The fourth-order valence-corrected chi connectivity index (χ4v) is 3.79. The Morgan fingerprint density at radius 3 is 2.71 bits per heavy atom. The molecular formula is C16H26N2O2S. The lowest BCUT2D eigenvalue weighted by molar-refractivity contribution is 0.444. The number of sulfonamides is 1. The summed E-state index contributed by atoms with van der Waals surface area (Å²) in [6.07, 6.45) is 2.21. The van der Waals surface area contributed by atoms with Crippen molar-refractivity contribution in [3.05, 3.63) is 29.8 Å². The van der Waals surface area contributed by atoms with E-state index < -0.39 is 10.0 Å². The first-order valence-electron chi connectivity index (χ1n) is 7.71. The van der Waals surface area contributed by atoms with E-state index in [-0.39, 0.29) is 0 Å². The van der Waals surface area contributed by atoms with Crippen LogP contribution < -0.4 is 5.32 Å². The molecule has 0 heterocycles. The molecule has 0 radical (unpaired) electrons. The molecule has 1 aromatic carbocycles. The molecule has 0 amide bonds. The van der Waals surface area contributed by atoms with Crippen molar-refractivity contribution < 1.29 is 8.42 Å². The normalized spacial score (nSPS) is 21.7. The zero-order chi connectivity index (χ0) is 15.5. The third-order valence-electron chi connectivity index (χ3n) is 4.13. The molecule has 1 aliphatic rings. The molecule has 4 nitrogen and oxygen atoms in total. The van der Waals surface area contributed by atoms with Gasteiger partial charge in [-0.05, 0) is 48.9 Å². The lowest BCUT2D eigenvalue weighted by Gasteiger charge is -2.17. The molecule has 2 atom stereocenters. The first-order chi connectivity index (χ1) is 9.95. The Morgan fingerprint density at radius 1 is 1.38 bits per heavy atom. The lowest BCUT2D eigenvalue weighted by atomic mass is 10.2. The SMILES string of the molecule is CCCNCc1cccc(S(=O)(=O)N(C)CC2CC2C)c1. The molecular weight excluding hydrogens is 284 g/mol. The second-order valence-corrected chi connectivity index (χ2v) is 8.13. The van der Waals surface area contributed by atoms with Crippen molar-refractivity contribution in [2.45, 2.75) is 38.1 Å². The van der Waals surface area contributed by atoms with Crippen LogP contribution in [0.4, 0.5) is 0 Å². The van der Waals surface area contributed by atoms with E-state index in [9.17, 15) is 8.42 Å². The summed E-state index contributed by atoms with van der Waals surface area (Å²) in [5, 5.41) is 3.30. The van der Waals surface area contributed by atoms with E-state index in [1.54, 1.807) is 19.2 Å². The van der Waals surface area contributed by atoms with Crippen LogP contribution in [0.1, 0.15) is 32.3 Å². The third kappa shape index (κ3) is 4.28. The van der Waals surface area contributed by atoms with Crippen LogP contribution >= 0.6 is 0 Å². The second kappa shape index (κ2) is 6.90. The Morgan fingerprint density at radius 2 is 2.10 bits per heavy atom. The number of nitrogens with one attached hydrogen (secondary N) is 1. The first kappa shape index (κ1) is 16.5. The topological polar surface area (TPSA) is 49.4 Å². The molecule has 118 valence electrons. The lowest BCUT2D eigenvalue weighted by Crippen LogP contribution is -2.29. The third-order valence-corrected chi connectivity index (χ3v) is 5.95. The Kier molecular flexibility index (Phi) is 5.41. The molecule has 21 heavy (non-hydrogen) atoms. The summed E-state index contributed by atoms with van der Waals surface area (Å²) in [6, 6.07) is 7.25. The highest BCUT2D eigenvalue weighted by Crippen LogP contribution is 2.38. The minimum Gasteiger partial charge on any atom is -0.313 e. The van der Waals surface area contributed by atoms with Crippen LogP contribution in [0.15, 0.2) is 29.2 Å². The van der Waals surface area contributed by atoms with Crippen LogP contribution in [-0.4, -0.2) is 32.9 Å². The van der Waals surface area contributed by atoms with Gasteiger partial charge in [0, 0.05) is 20.1 Å². The maximum Gasteiger partial charge on any atom is 0.242 e. The van der Waals surface area contributed by atoms with Crippen molar-refractivity contribution in [1.82, 2.24) is 9.62 Å². The van der Waals surface area contributed by atoms with Gasteiger partial charge in [-0.3, -0.25) is 0 Å². The highest BCUT2D eigenvalue weighted by molar-refractivity contribution is 7.89. The average Bonchev–Trinajstić information content (AvgIpc) is 3.14. The zero-order valence-corrected chi connectivity index (χ0v) is 14.0. The minimum atomic E-state index is -3.37. The van der Waals surface area contributed by atoms with Gasteiger partial charge in [-0.15, -0.1) is 0 Å². The van der Waals surface area contributed by atoms with Gasteiger partial charge in [-0.1, -0.05) is 26.0 Å². The van der Waals surface area contributed by atoms with Crippen LogP contribution in [0.5, 0.6) is 0 Å². The van der Waals surface area contributed by atoms with Gasteiger partial charge in [0.15, 0.2) is 0 Å². The van der Waals surface area contributed by atoms with Crippen molar-refractivity contribution in [2.24, 2.45) is 11.8 Å². The van der Waals surface area contributed by atoms with Crippen molar-refractivity contribution in [3.8, 4) is 0 Å². The largest absolute Gasteiger partial charge is 0.313 e. The number of hydrogen-bond acceptors (Lipinski definition) is 3. The monoisotopic (exact) mass is 310 g/mol. The van der Waals surface area contributed by atoms with Gasteiger partial charge in [0.1, 0.15) is 0 Å². The first-order valence-corrected chi connectivity index (χ1v) is 9.15. The molecule has 0 saturated heterocycles. The average molecular weight is 310 g/mol.